The van der Waals surface area contributed by atoms with Crippen molar-refractivity contribution in [1.82, 2.24) is 19.1 Å². The number of benzene rings is 1. The van der Waals surface area contributed by atoms with Crippen LogP contribution in [-0.2, 0) is 39.6 Å². The molecule has 32 heavy (non-hydrogen) atoms. The van der Waals surface area contributed by atoms with Gasteiger partial charge in [-0.1, -0.05) is 18.6 Å². The predicted octanol–water partition coefficient (Wildman–Crippen LogP) is 3.39. The molecule has 0 radical (unpaired) electrons. The van der Waals surface area contributed by atoms with E-state index in [0.717, 1.165) is 35.4 Å². The molecule has 1 fully saturated rings. The monoisotopic (exact) mass is 474 g/mol. The van der Waals surface area contributed by atoms with Gasteiger partial charge in [-0.3, -0.25) is 9.48 Å². The maximum Gasteiger partial charge on any atom is 0.306 e. The van der Waals surface area contributed by atoms with Crippen molar-refractivity contribution in [3.8, 4) is 10.6 Å². The van der Waals surface area contributed by atoms with Crippen LogP contribution in [-0.4, -0.2) is 46.5 Å². The van der Waals surface area contributed by atoms with Crippen molar-refractivity contribution >= 4 is 27.3 Å². The van der Waals surface area contributed by atoms with Crippen molar-refractivity contribution in [2.24, 2.45) is 7.05 Å². The molecule has 1 aromatic carbocycles. The van der Waals surface area contributed by atoms with Gasteiger partial charge in [-0.2, -0.15) is 9.40 Å². The fourth-order valence-corrected chi connectivity index (χ4v) is 5.89. The van der Waals surface area contributed by atoms with Crippen LogP contribution in [0.5, 0.6) is 0 Å². The molecule has 1 aliphatic heterocycles. The predicted molar refractivity (Wildman–Crippen MR) is 121 cm³/mol. The first-order valence-corrected chi connectivity index (χ1v) is 12.9. The van der Waals surface area contributed by atoms with Crippen LogP contribution in [0.15, 0.2) is 46.9 Å². The quantitative estimate of drug-likeness (QED) is 0.465. The minimum Gasteiger partial charge on any atom is -0.459 e. The van der Waals surface area contributed by atoms with Crippen LogP contribution in [0.25, 0.3) is 10.6 Å². The number of carbonyl (C=O) groups is 1. The largest absolute Gasteiger partial charge is 0.459 e. The van der Waals surface area contributed by atoms with Crippen LogP contribution in [0.1, 0.15) is 36.9 Å². The molecule has 10 heteroatoms. The fraction of sp³-hybridized carbons (Fsp3) is 0.409. The number of rotatable bonds is 8. The molecule has 0 amide bonds. The van der Waals surface area contributed by atoms with E-state index in [-0.39, 0.29) is 19.0 Å². The highest BCUT2D eigenvalue weighted by Crippen LogP contribution is 2.24. The van der Waals surface area contributed by atoms with E-state index < -0.39 is 10.0 Å². The number of piperidine rings is 1. The maximum absolute atomic E-state index is 12.7. The van der Waals surface area contributed by atoms with Crippen molar-refractivity contribution in [3.63, 3.8) is 0 Å². The molecule has 8 nitrogen and oxygen atoms in total. The summed E-state index contributed by atoms with van der Waals surface area (Å²) in [5.74, 6) is -0.314. The molecular weight excluding hydrogens is 448 g/mol. The number of sulfonamides is 1. The number of carbonyl (C=O) groups excluding carboxylic acids is 1. The number of aryl methyl sites for hydroxylation is 2. The Morgan fingerprint density at radius 2 is 1.91 bits per heavy atom. The Bertz CT molecular complexity index is 1160. The molecule has 4 rings (SSSR count). The lowest BCUT2D eigenvalue weighted by Gasteiger charge is -2.25. The lowest BCUT2D eigenvalue weighted by molar-refractivity contribution is -0.145. The summed E-state index contributed by atoms with van der Waals surface area (Å²) in [6.45, 7) is 1.29. The highest BCUT2D eigenvalue weighted by molar-refractivity contribution is 7.89. The zero-order chi connectivity index (χ0) is 22.6. The van der Waals surface area contributed by atoms with Gasteiger partial charge in [0.1, 0.15) is 11.6 Å². The number of hydrogen-bond donors (Lipinski definition) is 0. The molecule has 2 aromatic heterocycles. The van der Waals surface area contributed by atoms with Gasteiger partial charge in [-0.15, -0.1) is 11.3 Å². The lowest BCUT2D eigenvalue weighted by Crippen LogP contribution is -2.35. The summed E-state index contributed by atoms with van der Waals surface area (Å²) in [5.41, 5.74) is 2.53. The summed E-state index contributed by atoms with van der Waals surface area (Å²) >= 11 is 1.48. The number of thiazole rings is 1. The molecular formula is C22H26N4O4S2. The Morgan fingerprint density at radius 1 is 1.16 bits per heavy atom. The average molecular weight is 475 g/mol. The maximum atomic E-state index is 12.7. The van der Waals surface area contributed by atoms with Crippen molar-refractivity contribution in [3.05, 3.63) is 53.3 Å². The third-order valence-corrected chi connectivity index (χ3v) is 8.23. The first-order valence-electron chi connectivity index (χ1n) is 10.6. The molecule has 1 aliphatic rings. The van der Waals surface area contributed by atoms with Gasteiger partial charge in [-0.25, -0.2) is 13.4 Å². The Labute approximate surface area is 191 Å². The molecule has 0 atom stereocenters. The van der Waals surface area contributed by atoms with Crippen LogP contribution in [0, 0.1) is 0 Å². The summed E-state index contributed by atoms with van der Waals surface area (Å²) in [5, 5.41) is 6.84. The van der Waals surface area contributed by atoms with Crippen LogP contribution in [0.3, 0.4) is 0 Å². The number of ether oxygens (including phenoxy) is 1. The molecule has 3 heterocycles. The normalized spacial score (nSPS) is 15.0. The summed E-state index contributed by atoms with van der Waals surface area (Å²) in [7, 11) is -1.59. The smallest absolute Gasteiger partial charge is 0.306 e. The molecule has 0 N–H and O–H groups in total. The number of hydrogen-bond acceptors (Lipinski definition) is 7. The molecule has 1 saturated heterocycles. The highest BCUT2D eigenvalue weighted by atomic mass is 32.2. The number of nitrogens with zero attached hydrogens (tertiary/aromatic N) is 4. The Balaban J connectivity index is 1.26. The van der Waals surface area contributed by atoms with E-state index >= 15 is 0 Å². The minimum absolute atomic E-state index is 0.128. The second-order valence-electron chi connectivity index (χ2n) is 7.82. The number of esters is 1. The molecule has 170 valence electrons. The van der Waals surface area contributed by atoms with E-state index in [2.05, 4.69) is 10.1 Å². The summed E-state index contributed by atoms with van der Waals surface area (Å²) in [6, 6.07) is 6.79. The van der Waals surface area contributed by atoms with Gasteiger partial charge in [-0.05, 0) is 37.0 Å². The molecule has 0 aliphatic carbocycles. The van der Waals surface area contributed by atoms with Crippen LogP contribution in [0.4, 0.5) is 0 Å². The molecule has 0 unspecified atom stereocenters. The average Bonchev–Trinajstić information content (AvgIpc) is 3.46. The third kappa shape index (κ3) is 5.43. The van der Waals surface area contributed by atoms with Gasteiger partial charge >= 0.3 is 5.97 Å². The second-order valence-corrected chi connectivity index (χ2v) is 10.6. The van der Waals surface area contributed by atoms with E-state index in [4.69, 9.17) is 4.74 Å². The highest BCUT2D eigenvalue weighted by Gasteiger charge is 2.25. The molecule has 0 bridgehead atoms. The molecule has 3 aromatic rings. The fourth-order valence-electron chi connectivity index (χ4n) is 3.59. The Morgan fingerprint density at radius 3 is 2.59 bits per heavy atom. The summed E-state index contributed by atoms with van der Waals surface area (Å²) in [6.07, 6.45) is 7.24. The van der Waals surface area contributed by atoms with Gasteiger partial charge in [0.2, 0.25) is 10.0 Å². The molecule has 0 spiro atoms. The lowest BCUT2D eigenvalue weighted by atomic mass is 10.1. The second kappa shape index (κ2) is 9.93. The van der Waals surface area contributed by atoms with Gasteiger partial charge < -0.3 is 4.74 Å². The van der Waals surface area contributed by atoms with E-state index in [1.54, 1.807) is 39.4 Å². The topological polar surface area (TPSA) is 94.4 Å². The first-order chi connectivity index (χ1) is 15.4. The Hall–Kier alpha value is -2.56. The van der Waals surface area contributed by atoms with Crippen molar-refractivity contribution in [2.75, 3.05) is 13.1 Å². The van der Waals surface area contributed by atoms with E-state index in [9.17, 15) is 13.2 Å². The van der Waals surface area contributed by atoms with E-state index in [1.807, 2.05) is 18.6 Å². The van der Waals surface area contributed by atoms with Gasteiger partial charge in [0, 0.05) is 43.7 Å². The zero-order valence-electron chi connectivity index (χ0n) is 17.9. The number of aromatic nitrogens is 3. The van der Waals surface area contributed by atoms with E-state index in [0.29, 0.717) is 30.1 Å². The van der Waals surface area contributed by atoms with E-state index in [1.165, 1.54) is 11.3 Å². The summed E-state index contributed by atoms with van der Waals surface area (Å²) in [4.78, 5) is 16.9. The van der Waals surface area contributed by atoms with Crippen molar-refractivity contribution in [1.29, 1.82) is 0 Å². The third-order valence-electron chi connectivity index (χ3n) is 5.38. The van der Waals surface area contributed by atoms with Gasteiger partial charge in [0.25, 0.3) is 0 Å². The van der Waals surface area contributed by atoms with Gasteiger partial charge in [0.05, 0.1) is 16.8 Å². The summed E-state index contributed by atoms with van der Waals surface area (Å²) < 4.78 is 34.1. The van der Waals surface area contributed by atoms with Crippen LogP contribution < -0.4 is 0 Å². The first kappa shape index (κ1) is 22.6. The van der Waals surface area contributed by atoms with Crippen LogP contribution >= 0.6 is 11.3 Å². The minimum atomic E-state index is -3.44. The standard InChI is InChI=1S/C22H26N4O4S2/c1-25-14-18(13-23-25)22-24-19(16-31-22)15-30-21(27)10-7-17-5-8-20(9-6-17)32(28,29)26-11-3-2-4-12-26/h5-6,8-9,13-14,16H,2-4,7,10-12,15H2,1H3. The van der Waals surface area contributed by atoms with Crippen molar-refractivity contribution < 1.29 is 17.9 Å². The zero-order valence-corrected chi connectivity index (χ0v) is 19.6. The van der Waals surface area contributed by atoms with Crippen LogP contribution in [0.2, 0.25) is 0 Å². The van der Waals surface area contributed by atoms with Gasteiger partial charge in [0.15, 0.2) is 0 Å². The van der Waals surface area contributed by atoms with Crippen molar-refractivity contribution in [2.45, 2.75) is 43.6 Å². The molecule has 0 saturated carbocycles. The SMILES string of the molecule is Cn1cc(-c2nc(COC(=O)CCc3ccc(S(=O)(=O)N4CCCCC4)cc3)cs2)cn1. The Kier molecular flexibility index (Phi) is 7.02.